The van der Waals surface area contributed by atoms with Gasteiger partial charge in [0.05, 0.1) is 12.6 Å². The lowest BCUT2D eigenvalue weighted by Crippen LogP contribution is -2.31. The maximum Gasteiger partial charge on any atom is 0.433 e. The van der Waals surface area contributed by atoms with Gasteiger partial charge in [0.15, 0.2) is 5.76 Å². The Balaban J connectivity index is 1.91. The van der Waals surface area contributed by atoms with E-state index in [-0.39, 0.29) is 24.4 Å². The van der Waals surface area contributed by atoms with Crippen molar-refractivity contribution in [2.75, 3.05) is 6.54 Å². The summed E-state index contributed by atoms with van der Waals surface area (Å²) in [7, 11) is 0. The van der Waals surface area contributed by atoms with Gasteiger partial charge in [0.2, 0.25) is 0 Å². The minimum Gasteiger partial charge on any atom is -0.395 e. The van der Waals surface area contributed by atoms with Gasteiger partial charge >= 0.3 is 5.88 Å². The minimum atomic E-state index is -0.732. The van der Waals surface area contributed by atoms with Crippen molar-refractivity contribution in [1.29, 1.82) is 0 Å². The third-order valence-corrected chi connectivity index (χ3v) is 2.39. The highest BCUT2D eigenvalue weighted by molar-refractivity contribution is 5.91. The van der Waals surface area contributed by atoms with E-state index in [0.29, 0.717) is 0 Å². The molecule has 0 aliphatic rings. The molecule has 0 aromatic carbocycles. The molecule has 1 amide bonds. The molecule has 0 fully saturated rings. The molecule has 1 N–H and O–H groups in total. The first kappa shape index (κ1) is 13.5. The van der Waals surface area contributed by atoms with Crippen LogP contribution in [0.25, 0.3) is 0 Å². The number of aromatic nitrogens is 2. The van der Waals surface area contributed by atoms with Gasteiger partial charge in [-0.2, -0.15) is 5.10 Å². The molecule has 2 heterocycles. The van der Waals surface area contributed by atoms with Gasteiger partial charge in [0.1, 0.15) is 4.92 Å². The van der Waals surface area contributed by atoms with Gasteiger partial charge in [0.25, 0.3) is 11.5 Å². The summed E-state index contributed by atoms with van der Waals surface area (Å²) in [4.78, 5) is 32.6. The van der Waals surface area contributed by atoms with E-state index in [1.54, 1.807) is 0 Å². The van der Waals surface area contributed by atoms with Gasteiger partial charge in [-0.05, 0) is 12.1 Å². The fourth-order valence-corrected chi connectivity index (χ4v) is 1.47. The molecule has 9 heteroatoms. The van der Waals surface area contributed by atoms with E-state index >= 15 is 0 Å². The zero-order valence-corrected chi connectivity index (χ0v) is 10.2. The number of carbonyl (C=O) groups excluding carboxylic acids is 1. The number of hydrogen-bond donors (Lipinski definition) is 1. The van der Waals surface area contributed by atoms with Crippen LogP contribution in [0.15, 0.2) is 39.7 Å². The normalized spacial score (nSPS) is 10.2. The summed E-state index contributed by atoms with van der Waals surface area (Å²) in [5.74, 6) is -1.26. The Bertz CT molecular complexity index is 690. The Hall–Kier alpha value is -2.97. The molecule has 2 aromatic heterocycles. The summed E-state index contributed by atoms with van der Waals surface area (Å²) in [6.07, 6.45) is 1.46. The molecule has 0 aliphatic heterocycles. The molecule has 0 aliphatic carbocycles. The highest BCUT2D eigenvalue weighted by Crippen LogP contribution is 2.15. The van der Waals surface area contributed by atoms with Crippen LogP contribution in [-0.2, 0) is 6.54 Å². The standard InChI is InChI=1S/C11H10N4O5/c16-9-2-1-5-13-14(9)7-6-12-11(17)8-3-4-10(20-8)15(18)19/h1-5H,6-7H2,(H,12,17). The lowest BCUT2D eigenvalue weighted by molar-refractivity contribution is -0.402. The second kappa shape index (κ2) is 5.78. The van der Waals surface area contributed by atoms with E-state index in [1.165, 1.54) is 29.1 Å². The molecule has 9 nitrogen and oxygen atoms in total. The molecule has 0 spiro atoms. The number of nitro groups is 1. The molecule has 0 bridgehead atoms. The molecule has 0 unspecified atom stereocenters. The summed E-state index contributed by atoms with van der Waals surface area (Å²) >= 11 is 0. The number of nitrogens with one attached hydrogen (secondary N) is 1. The van der Waals surface area contributed by atoms with Crippen LogP contribution in [0.2, 0.25) is 0 Å². The van der Waals surface area contributed by atoms with Gasteiger partial charge in [-0.1, -0.05) is 0 Å². The van der Waals surface area contributed by atoms with Crippen molar-refractivity contribution in [2.45, 2.75) is 6.54 Å². The van der Waals surface area contributed by atoms with E-state index in [2.05, 4.69) is 10.4 Å². The molecule has 2 rings (SSSR count). The first-order valence-electron chi connectivity index (χ1n) is 5.62. The number of furan rings is 1. The monoisotopic (exact) mass is 278 g/mol. The molecule has 104 valence electrons. The Morgan fingerprint density at radius 3 is 2.90 bits per heavy atom. The highest BCUT2D eigenvalue weighted by Gasteiger charge is 2.16. The van der Waals surface area contributed by atoms with Crippen LogP contribution in [0.3, 0.4) is 0 Å². The van der Waals surface area contributed by atoms with Crippen LogP contribution in [0, 0.1) is 10.1 Å². The number of nitrogens with zero attached hydrogens (tertiary/aromatic N) is 3. The Labute approximate surface area is 112 Å². The second-order valence-electron chi connectivity index (χ2n) is 3.74. The van der Waals surface area contributed by atoms with Crippen molar-refractivity contribution in [3.8, 4) is 0 Å². The predicted octanol–water partition coefficient (Wildman–Crippen LogP) is 0.174. The van der Waals surface area contributed by atoms with Crippen molar-refractivity contribution in [2.24, 2.45) is 0 Å². The third kappa shape index (κ3) is 3.07. The van der Waals surface area contributed by atoms with Crippen LogP contribution >= 0.6 is 0 Å². The van der Waals surface area contributed by atoms with Crippen molar-refractivity contribution >= 4 is 11.8 Å². The summed E-state index contributed by atoms with van der Waals surface area (Å²) in [5.41, 5.74) is -0.282. The number of hydrogen-bond acceptors (Lipinski definition) is 6. The van der Waals surface area contributed by atoms with E-state index in [0.717, 1.165) is 6.07 Å². The molecular formula is C11H10N4O5. The summed E-state index contributed by atoms with van der Waals surface area (Å²) in [6, 6.07) is 5.17. The summed E-state index contributed by atoms with van der Waals surface area (Å²) in [6.45, 7) is 0.332. The zero-order chi connectivity index (χ0) is 14.5. The maximum atomic E-state index is 11.6. The molecule has 0 atom stereocenters. The van der Waals surface area contributed by atoms with E-state index in [4.69, 9.17) is 4.42 Å². The highest BCUT2D eigenvalue weighted by atomic mass is 16.6. The smallest absolute Gasteiger partial charge is 0.395 e. The van der Waals surface area contributed by atoms with Crippen LogP contribution in [0.1, 0.15) is 10.6 Å². The van der Waals surface area contributed by atoms with Gasteiger partial charge in [-0.3, -0.25) is 19.7 Å². The Morgan fingerprint density at radius 2 is 2.25 bits per heavy atom. The Kier molecular flexibility index (Phi) is 3.89. The van der Waals surface area contributed by atoms with Gasteiger partial charge < -0.3 is 9.73 Å². The van der Waals surface area contributed by atoms with Crippen LogP contribution < -0.4 is 10.9 Å². The average Bonchev–Trinajstić information content (AvgIpc) is 2.91. The first-order valence-corrected chi connectivity index (χ1v) is 5.62. The first-order chi connectivity index (χ1) is 9.58. The second-order valence-corrected chi connectivity index (χ2v) is 3.74. The summed E-state index contributed by atoms with van der Waals surface area (Å²) in [5, 5.41) is 16.7. The van der Waals surface area contributed by atoms with Gasteiger partial charge in [0, 0.05) is 18.8 Å². The quantitative estimate of drug-likeness (QED) is 0.615. The van der Waals surface area contributed by atoms with Gasteiger partial charge in [-0.15, -0.1) is 0 Å². The van der Waals surface area contributed by atoms with Crippen molar-refractivity contribution in [3.63, 3.8) is 0 Å². The maximum absolute atomic E-state index is 11.6. The molecule has 0 radical (unpaired) electrons. The van der Waals surface area contributed by atoms with Crippen molar-refractivity contribution in [3.05, 3.63) is 56.7 Å². The fourth-order valence-electron chi connectivity index (χ4n) is 1.47. The van der Waals surface area contributed by atoms with Crippen LogP contribution in [-0.4, -0.2) is 27.2 Å². The molecule has 2 aromatic rings. The van der Waals surface area contributed by atoms with Crippen LogP contribution in [0.5, 0.6) is 0 Å². The lowest BCUT2D eigenvalue weighted by Gasteiger charge is -2.04. The SMILES string of the molecule is O=C(NCCn1ncccc1=O)c1ccc([N+](=O)[O-])o1. The fraction of sp³-hybridized carbons (Fsp3) is 0.182. The van der Waals surface area contributed by atoms with E-state index in [9.17, 15) is 19.7 Å². The molecular weight excluding hydrogens is 268 g/mol. The topological polar surface area (TPSA) is 120 Å². The lowest BCUT2D eigenvalue weighted by atomic mass is 10.4. The minimum absolute atomic E-state index is 0.143. The zero-order valence-electron chi connectivity index (χ0n) is 10.2. The van der Waals surface area contributed by atoms with Gasteiger partial charge in [-0.25, -0.2) is 4.68 Å². The molecule has 20 heavy (non-hydrogen) atoms. The number of carbonyl (C=O) groups is 1. The molecule has 0 saturated carbocycles. The molecule has 0 saturated heterocycles. The third-order valence-electron chi connectivity index (χ3n) is 2.39. The number of rotatable bonds is 5. The van der Waals surface area contributed by atoms with Crippen molar-refractivity contribution < 1.29 is 14.1 Å². The largest absolute Gasteiger partial charge is 0.433 e. The average molecular weight is 278 g/mol. The van der Waals surface area contributed by atoms with E-state index < -0.39 is 16.7 Å². The van der Waals surface area contributed by atoms with Crippen LogP contribution in [0.4, 0.5) is 5.88 Å². The summed E-state index contributed by atoms with van der Waals surface area (Å²) < 4.78 is 5.92. The predicted molar refractivity (Wildman–Crippen MR) is 66.2 cm³/mol. The van der Waals surface area contributed by atoms with Crippen molar-refractivity contribution in [1.82, 2.24) is 15.1 Å². The van der Waals surface area contributed by atoms with E-state index in [1.807, 2.05) is 0 Å². The Morgan fingerprint density at radius 1 is 1.45 bits per heavy atom. The number of amides is 1.